The molecule has 1 amide bonds. The van der Waals surface area contributed by atoms with E-state index < -0.39 is 29.0 Å². The van der Waals surface area contributed by atoms with Crippen molar-refractivity contribution in [3.8, 4) is 0 Å². The predicted molar refractivity (Wildman–Crippen MR) is 86.3 cm³/mol. The van der Waals surface area contributed by atoms with Crippen LogP contribution in [0, 0.1) is 5.82 Å². The number of halogens is 4. The van der Waals surface area contributed by atoms with E-state index in [4.69, 9.17) is 5.73 Å². The zero-order valence-electron chi connectivity index (χ0n) is 13.4. The summed E-state index contributed by atoms with van der Waals surface area (Å²) in [6.07, 6.45) is -4.19. The first-order valence-corrected chi connectivity index (χ1v) is 7.73. The number of amides is 1. The van der Waals surface area contributed by atoms with Gasteiger partial charge in [-0.15, -0.1) is 0 Å². The molecule has 2 rings (SSSR count). The van der Waals surface area contributed by atoms with Crippen molar-refractivity contribution >= 4 is 5.91 Å². The molecule has 0 saturated heterocycles. The minimum Gasteiger partial charge on any atom is -0.334 e. The minimum atomic E-state index is -4.65. The van der Waals surface area contributed by atoms with E-state index in [9.17, 15) is 22.4 Å². The SMILES string of the molecule is NCCCN(Cc1ccccc1)C(=O)c1cc(C(F)(F)F)ccc1F. The van der Waals surface area contributed by atoms with Crippen LogP contribution in [-0.2, 0) is 12.7 Å². The first-order chi connectivity index (χ1) is 11.8. The van der Waals surface area contributed by atoms with Crippen molar-refractivity contribution in [2.75, 3.05) is 13.1 Å². The van der Waals surface area contributed by atoms with Crippen LogP contribution in [0.1, 0.15) is 27.9 Å². The fraction of sp³-hybridized carbons (Fsp3) is 0.278. The van der Waals surface area contributed by atoms with Gasteiger partial charge in [0.05, 0.1) is 11.1 Å². The average Bonchev–Trinajstić information content (AvgIpc) is 2.58. The van der Waals surface area contributed by atoms with Crippen LogP contribution in [-0.4, -0.2) is 23.9 Å². The van der Waals surface area contributed by atoms with Crippen molar-refractivity contribution in [3.05, 3.63) is 71.0 Å². The largest absolute Gasteiger partial charge is 0.416 e. The molecule has 0 aromatic heterocycles. The number of carbonyl (C=O) groups excluding carboxylic acids is 1. The molecule has 3 nitrogen and oxygen atoms in total. The van der Waals surface area contributed by atoms with Gasteiger partial charge in [-0.2, -0.15) is 13.2 Å². The van der Waals surface area contributed by atoms with Crippen LogP contribution >= 0.6 is 0 Å². The van der Waals surface area contributed by atoms with Crippen LogP contribution in [0.5, 0.6) is 0 Å². The van der Waals surface area contributed by atoms with Gasteiger partial charge in [0, 0.05) is 13.1 Å². The van der Waals surface area contributed by atoms with Crippen molar-refractivity contribution in [1.29, 1.82) is 0 Å². The summed E-state index contributed by atoms with van der Waals surface area (Å²) < 4.78 is 52.5. The van der Waals surface area contributed by atoms with Crippen LogP contribution in [0.2, 0.25) is 0 Å². The molecule has 0 aliphatic carbocycles. The molecule has 0 spiro atoms. The highest BCUT2D eigenvalue weighted by molar-refractivity contribution is 5.94. The number of benzene rings is 2. The Kier molecular flexibility index (Phi) is 6.14. The third-order valence-corrected chi connectivity index (χ3v) is 3.66. The molecule has 0 aliphatic heterocycles. The van der Waals surface area contributed by atoms with Gasteiger partial charge in [-0.25, -0.2) is 4.39 Å². The van der Waals surface area contributed by atoms with E-state index in [0.29, 0.717) is 31.2 Å². The molecule has 0 aliphatic rings. The Balaban J connectivity index is 2.32. The Morgan fingerprint density at radius 3 is 2.36 bits per heavy atom. The maximum absolute atomic E-state index is 14.0. The van der Waals surface area contributed by atoms with E-state index in [1.54, 1.807) is 24.3 Å². The molecule has 0 atom stereocenters. The third-order valence-electron chi connectivity index (χ3n) is 3.66. The van der Waals surface area contributed by atoms with E-state index in [2.05, 4.69) is 0 Å². The molecular weight excluding hydrogens is 336 g/mol. The highest BCUT2D eigenvalue weighted by atomic mass is 19.4. The lowest BCUT2D eigenvalue weighted by molar-refractivity contribution is -0.137. The van der Waals surface area contributed by atoms with E-state index in [1.165, 1.54) is 4.90 Å². The maximum Gasteiger partial charge on any atom is 0.416 e. The second-order valence-electron chi connectivity index (χ2n) is 5.55. The van der Waals surface area contributed by atoms with E-state index in [1.807, 2.05) is 6.07 Å². The number of hydrogen-bond acceptors (Lipinski definition) is 2. The molecule has 2 aromatic rings. The summed E-state index contributed by atoms with van der Waals surface area (Å²) in [5.74, 6) is -1.77. The molecule has 0 radical (unpaired) electrons. The molecule has 0 bridgehead atoms. The first-order valence-electron chi connectivity index (χ1n) is 7.73. The van der Waals surface area contributed by atoms with Crippen molar-refractivity contribution in [1.82, 2.24) is 4.90 Å². The highest BCUT2D eigenvalue weighted by Crippen LogP contribution is 2.30. The van der Waals surface area contributed by atoms with E-state index in [0.717, 1.165) is 5.56 Å². The van der Waals surface area contributed by atoms with Crippen LogP contribution in [0.15, 0.2) is 48.5 Å². The Bertz CT molecular complexity index is 717. The van der Waals surface area contributed by atoms with Crippen LogP contribution in [0.25, 0.3) is 0 Å². The number of hydrogen-bond donors (Lipinski definition) is 1. The standard InChI is InChI=1S/C18H18F4N2O/c19-16-8-7-14(18(20,21)22)11-15(16)17(25)24(10-4-9-23)12-13-5-2-1-3-6-13/h1-3,5-8,11H,4,9-10,12,23H2. The number of alkyl halides is 3. The second kappa shape index (κ2) is 8.11. The first kappa shape index (κ1) is 18.9. The zero-order chi connectivity index (χ0) is 18.4. The molecule has 2 aromatic carbocycles. The van der Waals surface area contributed by atoms with Crippen molar-refractivity contribution < 1.29 is 22.4 Å². The van der Waals surface area contributed by atoms with Gasteiger partial charge in [0.1, 0.15) is 5.82 Å². The Hall–Kier alpha value is -2.41. The normalized spacial score (nSPS) is 11.4. The Morgan fingerprint density at radius 2 is 1.76 bits per heavy atom. The molecule has 2 N–H and O–H groups in total. The topological polar surface area (TPSA) is 46.3 Å². The smallest absolute Gasteiger partial charge is 0.334 e. The van der Waals surface area contributed by atoms with Gasteiger partial charge in [-0.3, -0.25) is 4.79 Å². The molecular formula is C18H18F4N2O. The van der Waals surface area contributed by atoms with Gasteiger partial charge in [0.2, 0.25) is 0 Å². The van der Waals surface area contributed by atoms with E-state index >= 15 is 0 Å². The predicted octanol–water partition coefficient (Wildman–Crippen LogP) is 3.84. The highest BCUT2D eigenvalue weighted by Gasteiger charge is 2.32. The Labute approximate surface area is 143 Å². The summed E-state index contributed by atoms with van der Waals surface area (Å²) in [7, 11) is 0. The summed E-state index contributed by atoms with van der Waals surface area (Å²) in [5.41, 5.74) is 4.60. The lowest BCUT2D eigenvalue weighted by atomic mass is 10.1. The lowest BCUT2D eigenvalue weighted by Crippen LogP contribution is -2.33. The summed E-state index contributed by atoms with van der Waals surface area (Å²) in [4.78, 5) is 13.9. The Morgan fingerprint density at radius 1 is 1.08 bits per heavy atom. The number of nitrogens with zero attached hydrogens (tertiary/aromatic N) is 1. The van der Waals surface area contributed by atoms with Gasteiger partial charge in [-0.05, 0) is 36.7 Å². The van der Waals surface area contributed by atoms with Crippen molar-refractivity contribution in [3.63, 3.8) is 0 Å². The fourth-order valence-electron chi connectivity index (χ4n) is 2.37. The summed E-state index contributed by atoms with van der Waals surface area (Å²) in [5, 5.41) is 0. The summed E-state index contributed by atoms with van der Waals surface area (Å²) in [6.45, 7) is 0.693. The zero-order valence-corrected chi connectivity index (χ0v) is 13.4. The molecule has 7 heteroatoms. The molecule has 25 heavy (non-hydrogen) atoms. The number of nitrogens with two attached hydrogens (primary N) is 1. The quantitative estimate of drug-likeness (QED) is 0.802. The molecule has 0 heterocycles. The summed E-state index contributed by atoms with van der Waals surface area (Å²) in [6, 6.07) is 10.8. The maximum atomic E-state index is 14.0. The minimum absolute atomic E-state index is 0.162. The van der Waals surface area contributed by atoms with Crippen LogP contribution < -0.4 is 5.73 Å². The van der Waals surface area contributed by atoms with Crippen LogP contribution in [0.4, 0.5) is 17.6 Å². The summed E-state index contributed by atoms with van der Waals surface area (Å²) >= 11 is 0. The van der Waals surface area contributed by atoms with Gasteiger partial charge in [0.25, 0.3) is 5.91 Å². The fourth-order valence-corrected chi connectivity index (χ4v) is 2.37. The van der Waals surface area contributed by atoms with Crippen molar-refractivity contribution in [2.45, 2.75) is 19.1 Å². The van der Waals surface area contributed by atoms with Gasteiger partial charge >= 0.3 is 6.18 Å². The van der Waals surface area contributed by atoms with Gasteiger partial charge in [0.15, 0.2) is 0 Å². The average molecular weight is 354 g/mol. The molecule has 0 fully saturated rings. The van der Waals surface area contributed by atoms with Gasteiger partial charge < -0.3 is 10.6 Å². The number of rotatable bonds is 6. The third kappa shape index (κ3) is 5.03. The molecule has 0 unspecified atom stereocenters. The number of carbonyl (C=O) groups is 1. The monoisotopic (exact) mass is 354 g/mol. The second-order valence-corrected chi connectivity index (χ2v) is 5.55. The lowest BCUT2D eigenvalue weighted by Gasteiger charge is -2.23. The molecule has 0 saturated carbocycles. The molecule has 134 valence electrons. The van der Waals surface area contributed by atoms with Crippen molar-refractivity contribution in [2.24, 2.45) is 5.73 Å². The van der Waals surface area contributed by atoms with Gasteiger partial charge in [-0.1, -0.05) is 30.3 Å². The van der Waals surface area contributed by atoms with E-state index in [-0.39, 0.29) is 13.1 Å². The van der Waals surface area contributed by atoms with Crippen LogP contribution in [0.3, 0.4) is 0 Å².